The van der Waals surface area contributed by atoms with Crippen LogP contribution < -0.4 is 10.2 Å². The molecule has 33 heavy (non-hydrogen) atoms. The van der Waals surface area contributed by atoms with Gasteiger partial charge in [-0.1, -0.05) is 63.6 Å². The van der Waals surface area contributed by atoms with E-state index in [-0.39, 0.29) is 23.8 Å². The van der Waals surface area contributed by atoms with Crippen molar-refractivity contribution in [1.82, 2.24) is 15.1 Å². The van der Waals surface area contributed by atoms with Crippen molar-refractivity contribution in [2.24, 2.45) is 0 Å². The summed E-state index contributed by atoms with van der Waals surface area (Å²) in [5.74, 6) is -0.165. The monoisotopic (exact) mass is 470 g/mol. The van der Waals surface area contributed by atoms with Gasteiger partial charge < -0.3 is 5.32 Å². The fourth-order valence-corrected chi connectivity index (χ4v) is 5.19. The lowest BCUT2D eigenvalue weighted by molar-refractivity contribution is -0.127. The van der Waals surface area contributed by atoms with E-state index >= 15 is 0 Å². The summed E-state index contributed by atoms with van der Waals surface area (Å²) in [5.41, 5.74) is 1.80. The van der Waals surface area contributed by atoms with Crippen molar-refractivity contribution in [3.63, 3.8) is 0 Å². The van der Waals surface area contributed by atoms with Crippen molar-refractivity contribution in [3.05, 3.63) is 46.2 Å². The molecule has 1 saturated carbocycles. The van der Waals surface area contributed by atoms with Crippen molar-refractivity contribution in [1.29, 1.82) is 0 Å². The summed E-state index contributed by atoms with van der Waals surface area (Å²) in [6.07, 6.45) is 7.91. The zero-order chi connectivity index (χ0) is 23.8. The average molecular weight is 471 g/mol. The molecular formula is C26H35ClN4O2. The van der Waals surface area contributed by atoms with Gasteiger partial charge in [0, 0.05) is 16.8 Å². The lowest BCUT2D eigenvalue weighted by Gasteiger charge is -2.44. The number of carbonyl (C=O) groups is 2. The van der Waals surface area contributed by atoms with Gasteiger partial charge in [0.2, 0.25) is 5.91 Å². The molecule has 2 aliphatic rings. The van der Waals surface area contributed by atoms with Gasteiger partial charge in [-0.3, -0.25) is 19.2 Å². The fraction of sp³-hybridized carbons (Fsp3) is 0.577. The van der Waals surface area contributed by atoms with Crippen molar-refractivity contribution in [3.8, 4) is 0 Å². The van der Waals surface area contributed by atoms with E-state index in [2.05, 4.69) is 24.3 Å². The van der Waals surface area contributed by atoms with E-state index in [9.17, 15) is 9.59 Å². The first kappa shape index (κ1) is 23.8. The van der Waals surface area contributed by atoms with Crippen LogP contribution in [0.15, 0.2) is 24.3 Å². The molecule has 2 aromatic rings. The number of amides is 2. The van der Waals surface area contributed by atoms with Gasteiger partial charge in [0.1, 0.15) is 11.2 Å². The number of hydrogen-bond donors (Lipinski definition) is 1. The van der Waals surface area contributed by atoms with Crippen LogP contribution >= 0.6 is 11.6 Å². The van der Waals surface area contributed by atoms with Gasteiger partial charge in [-0.25, -0.2) is 0 Å². The summed E-state index contributed by atoms with van der Waals surface area (Å²) in [6.45, 7) is 8.20. The lowest BCUT2D eigenvalue weighted by Crippen LogP contribution is -2.65. The molecule has 0 radical (unpaired) electrons. The minimum Gasteiger partial charge on any atom is -0.351 e. The number of rotatable bonds is 4. The number of anilines is 1. The first-order valence-electron chi connectivity index (χ1n) is 12.2. The lowest BCUT2D eigenvalue weighted by atomic mass is 9.91. The van der Waals surface area contributed by atoms with E-state index in [0.29, 0.717) is 22.9 Å². The average Bonchev–Trinajstić information content (AvgIpc) is 3.16. The molecule has 4 rings (SSSR count). The molecule has 1 fully saturated rings. The maximum atomic E-state index is 13.9. The third-order valence-corrected chi connectivity index (χ3v) is 7.34. The second-order valence-electron chi connectivity index (χ2n) is 10.1. The Morgan fingerprint density at radius 1 is 1.15 bits per heavy atom. The molecule has 7 heteroatoms. The highest BCUT2D eigenvalue weighted by Crippen LogP contribution is 2.36. The molecule has 1 atom stereocenters. The molecule has 2 heterocycles. The molecule has 1 aliphatic heterocycles. The van der Waals surface area contributed by atoms with Crippen LogP contribution in [0.2, 0.25) is 5.02 Å². The molecule has 1 aromatic carbocycles. The standard InChI is InChI=1S/C26H35ClN4O2/c1-17(2)21-15-23-24(32)31(22-14-19(27)13-12-18(22)3)26(4,16-30(23)29-21)25(33)28-20-10-8-6-5-7-9-11-20/h12-15,17,20H,5-11,16H2,1-4H3,(H,28,33)/t26-/m0/s1. The molecule has 1 N–H and O–H groups in total. The fourth-order valence-electron chi connectivity index (χ4n) is 5.03. The zero-order valence-electron chi connectivity index (χ0n) is 20.2. The number of fused-ring (bicyclic) bond motifs is 1. The number of aromatic nitrogens is 2. The number of benzene rings is 1. The Kier molecular flexibility index (Phi) is 6.85. The highest BCUT2D eigenvalue weighted by atomic mass is 35.5. The van der Waals surface area contributed by atoms with Gasteiger partial charge >= 0.3 is 0 Å². The van der Waals surface area contributed by atoms with Gasteiger partial charge in [-0.05, 0) is 56.4 Å². The Hall–Kier alpha value is -2.34. The van der Waals surface area contributed by atoms with Gasteiger partial charge in [-0.2, -0.15) is 5.10 Å². The summed E-state index contributed by atoms with van der Waals surface area (Å²) in [4.78, 5) is 29.4. The summed E-state index contributed by atoms with van der Waals surface area (Å²) in [6, 6.07) is 7.47. The Morgan fingerprint density at radius 3 is 2.48 bits per heavy atom. The second kappa shape index (κ2) is 9.49. The number of halogens is 1. The molecule has 0 bridgehead atoms. The van der Waals surface area contributed by atoms with Crippen LogP contribution in [0, 0.1) is 6.92 Å². The number of aryl methyl sites for hydroxylation is 1. The minimum atomic E-state index is -1.12. The Balaban J connectivity index is 1.75. The maximum absolute atomic E-state index is 13.9. The van der Waals surface area contributed by atoms with Crippen LogP contribution in [-0.2, 0) is 11.3 Å². The molecular weight excluding hydrogens is 436 g/mol. The summed E-state index contributed by atoms with van der Waals surface area (Å²) in [5, 5.41) is 8.52. The van der Waals surface area contributed by atoms with Crippen LogP contribution in [0.1, 0.15) is 93.4 Å². The molecule has 1 aromatic heterocycles. The number of hydrogen-bond acceptors (Lipinski definition) is 3. The van der Waals surface area contributed by atoms with Crippen LogP contribution in [0.3, 0.4) is 0 Å². The molecule has 6 nitrogen and oxygen atoms in total. The predicted octanol–water partition coefficient (Wildman–Crippen LogP) is 5.62. The highest BCUT2D eigenvalue weighted by Gasteiger charge is 2.49. The second-order valence-corrected chi connectivity index (χ2v) is 10.6. The van der Waals surface area contributed by atoms with E-state index < -0.39 is 5.54 Å². The Morgan fingerprint density at radius 2 is 1.82 bits per heavy atom. The van der Waals surface area contributed by atoms with E-state index in [1.54, 1.807) is 15.6 Å². The van der Waals surface area contributed by atoms with Crippen molar-refractivity contribution >= 4 is 29.1 Å². The van der Waals surface area contributed by atoms with Gasteiger partial charge in [-0.15, -0.1) is 0 Å². The van der Waals surface area contributed by atoms with Gasteiger partial charge in [0.05, 0.1) is 12.2 Å². The van der Waals surface area contributed by atoms with E-state index in [1.165, 1.54) is 19.3 Å². The van der Waals surface area contributed by atoms with Gasteiger partial charge in [0.15, 0.2) is 0 Å². The van der Waals surface area contributed by atoms with Crippen molar-refractivity contribution in [2.75, 3.05) is 4.90 Å². The maximum Gasteiger partial charge on any atom is 0.277 e. The smallest absolute Gasteiger partial charge is 0.277 e. The van der Waals surface area contributed by atoms with Crippen LogP contribution in [0.25, 0.3) is 0 Å². The first-order chi connectivity index (χ1) is 15.7. The van der Waals surface area contributed by atoms with E-state index in [4.69, 9.17) is 11.6 Å². The predicted molar refractivity (Wildman–Crippen MR) is 132 cm³/mol. The molecule has 0 spiro atoms. The molecule has 1 aliphatic carbocycles. The number of nitrogens with one attached hydrogen (secondary N) is 1. The third-order valence-electron chi connectivity index (χ3n) is 7.11. The van der Waals surface area contributed by atoms with Crippen LogP contribution in [-0.4, -0.2) is 33.2 Å². The highest BCUT2D eigenvalue weighted by molar-refractivity contribution is 6.31. The minimum absolute atomic E-state index is 0.131. The third kappa shape index (κ3) is 4.68. The van der Waals surface area contributed by atoms with Crippen molar-refractivity contribution in [2.45, 2.75) is 96.7 Å². The summed E-state index contributed by atoms with van der Waals surface area (Å²) >= 11 is 6.34. The van der Waals surface area contributed by atoms with Crippen molar-refractivity contribution < 1.29 is 9.59 Å². The molecule has 0 unspecified atom stereocenters. The summed E-state index contributed by atoms with van der Waals surface area (Å²) < 4.78 is 1.71. The Bertz CT molecular complexity index is 1040. The molecule has 0 saturated heterocycles. The topological polar surface area (TPSA) is 67.2 Å². The number of nitrogens with zero attached hydrogens (tertiary/aromatic N) is 3. The Labute approximate surface area is 201 Å². The first-order valence-corrected chi connectivity index (χ1v) is 12.6. The van der Waals surface area contributed by atoms with E-state index in [0.717, 1.165) is 36.9 Å². The SMILES string of the molecule is Cc1ccc(Cl)cc1N1C(=O)c2cc(C(C)C)nn2C[C@@]1(C)C(=O)NC1CCCCCCC1. The summed E-state index contributed by atoms with van der Waals surface area (Å²) in [7, 11) is 0. The number of carbonyl (C=O) groups excluding carboxylic acids is 2. The molecule has 2 amide bonds. The van der Waals surface area contributed by atoms with Crippen LogP contribution in [0.4, 0.5) is 5.69 Å². The normalized spacial score (nSPS) is 22.1. The van der Waals surface area contributed by atoms with Crippen LogP contribution in [0.5, 0.6) is 0 Å². The largest absolute Gasteiger partial charge is 0.351 e. The quantitative estimate of drug-likeness (QED) is 0.630. The zero-order valence-corrected chi connectivity index (χ0v) is 20.9. The van der Waals surface area contributed by atoms with Gasteiger partial charge in [0.25, 0.3) is 5.91 Å². The molecule has 178 valence electrons. The van der Waals surface area contributed by atoms with E-state index in [1.807, 2.05) is 32.0 Å².